The van der Waals surface area contributed by atoms with Gasteiger partial charge in [-0.25, -0.2) is 0 Å². The van der Waals surface area contributed by atoms with Crippen LogP contribution in [0.3, 0.4) is 0 Å². The van der Waals surface area contributed by atoms with Crippen molar-refractivity contribution in [2.45, 2.75) is 26.9 Å². The summed E-state index contributed by atoms with van der Waals surface area (Å²) in [5, 5.41) is 0. The van der Waals surface area contributed by atoms with Crippen LogP contribution in [0, 0.1) is 13.8 Å². The molecule has 0 fully saturated rings. The lowest BCUT2D eigenvalue weighted by Gasteiger charge is -2.28. The molecule has 0 unspecified atom stereocenters. The van der Waals surface area contributed by atoms with Gasteiger partial charge in [0.25, 0.3) is 0 Å². The molecule has 0 saturated heterocycles. The van der Waals surface area contributed by atoms with Crippen LogP contribution in [-0.2, 0) is 13.1 Å². The van der Waals surface area contributed by atoms with Crippen molar-refractivity contribution in [1.82, 2.24) is 0 Å². The molecule has 0 spiro atoms. The molecule has 3 rings (SSSR count). The SMILES string of the molecule is Cc1cc(N(Cc2ccccc2)Cc2ccccc2)c(C)cc1C=O.Cl. The Balaban J connectivity index is 0.00000243. The smallest absolute Gasteiger partial charge is 0.150 e. The van der Waals surface area contributed by atoms with Crippen molar-refractivity contribution in [2.24, 2.45) is 0 Å². The Morgan fingerprint density at radius 1 is 0.769 bits per heavy atom. The number of aldehydes is 1. The Morgan fingerprint density at radius 3 is 1.73 bits per heavy atom. The van der Waals surface area contributed by atoms with Crippen LogP contribution in [0.4, 0.5) is 5.69 Å². The third kappa shape index (κ3) is 4.74. The molecule has 0 heterocycles. The van der Waals surface area contributed by atoms with E-state index < -0.39 is 0 Å². The van der Waals surface area contributed by atoms with Gasteiger partial charge in [0.1, 0.15) is 6.29 Å². The average molecular weight is 366 g/mol. The molecule has 0 aliphatic heterocycles. The predicted octanol–water partition coefficient (Wildman–Crippen LogP) is 5.74. The molecule has 3 aromatic carbocycles. The fourth-order valence-electron chi connectivity index (χ4n) is 3.12. The second-order valence-electron chi connectivity index (χ2n) is 6.44. The highest BCUT2D eigenvalue weighted by atomic mass is 35.5. The molecule has 0 amide bonds. The Labute approximate surface area is 161 Å². The van der Waals surface area contributed by atoms with Gasteiger partial charge in [0.15, 0.2) is 0 Å². The number of rotatable bonds is 6. The molecule has 0 N–H and O–H groups in total. The summed E-state index contributed by atoms with van der Waals surface area (Å²) >= 11 is 0. The van der Waals surface area contributed by atoms with Crippen LogP contribution in [-0.4, -0.2) is 6.29 Å². The lowest BCUT2D eigenvalue weighted by atomic mass is 10.0. The summed E-state index contributed by atoms with van der Waals surface area (Å²) in [4.78, 5) is 13.6. The van der Waals surface area contributed by atoms with Crippen LogP contribution >= 0.6 is 12.4 Å². The van der Waals surface area contributed by atoms with Gasteiger partial charge in [0, 0.05) is 24.3 Å². The molecule has 0 aliphatic rings. The maximum atomic E-state index is 11.2. The summed E-state index contributed by atoms with van der Waals surface area (Å²) in [6, 6.07) is 25.1. The quantitative estimate of drug-likeness (QED) is 0.519. The molecule has 0 radical (unpaired) electrons. The molecule has 0 atom stereocenters. The molecule has 0 saturated carbocycles. The second kappa shape index (κ2) is 9.21. The molecule has 0 aromatic heterocycles. The lowest BCUT2D eigenvalue weighted by molar-refractivity contribution is 0.112. The summed E-state index contributed by atoms with van der Waals surface area (Å²) in [6.07, 6.45) is 0.935. The van der Waals surface area contributed by atoms with Gasteiger partial charge in [-0.15, -0.1) is 12.4 Å². The third-order valence-corrected chi connectivity index (χ3v) is 4.48. The molecule has 0 aliphatic carbocycles. The number of aryl methyl sites for hydroxylation is 2. The highest BCUT2D eigenvalue weighted by Crippen LogP contribution is 2.27. The minimum absolute atomic E-state index is 0. The Hall–Kier alpha value is -2.58. The summed E-state index contributed by atoms with van der Waals surface area (Å²) in [5.41, 5.74) is 6.63. The molecule has 3 aromatic rings. The number of benzene rings is 3. The molecule has 3 heteroatoms. The number of hydrogen-bond acceptors (Lipinski definition) is 2. The first kappa shape index (κ1) is 19.7. The summed E-state index contributed by atoms with van der Waals surface area (Å²) in [6.45, 7) is 5.73. The van der Waals surface area contributed by atoms with Gasteiger partial charge < -0.3 is 4.90 Å². The van der Waals surface area contributed by atoms with Gasteiger partial charge in [0.05, 0.1) is 0 Å². The van der Waals surface area contributed by atoms with Crippen molar-refractivity contribution in [3.63, 3.8) is 0 Å². The van der Waals surface area contributed by atoms with Crippen LogP contribution in [0.5, 0.6) is 0 Å². The number of hydrogen-bond donors (Lipinski definition) is 0. The van der Waals surface area contributed by atoms with Crippen molar-refractivity contribution in [3.05, 3.63) is 101 Å². The van der Waals surface area contributed by atoms with E-state index in [1.807, 2.05) is 25.1 Å². The number of anilines is 1. The monoisotopic (exact) mass is 365 g/mol. The first-order valence-corrected chi connectivity index (χ1v) is 8.56. The summed E-state index contributed by atoms with van der Waals surface area (Å²) < 4.78 is 0. The summed E-state index contributed by atoms with van der Waals surface area (Å²) in [5.74, 6) is 0. The number of halogens is 1. The van der Waals surface area contributed by atoms with Gasteiger partial charge in [-0.1, -0.05) is 60.7 Å². The zero-order valence-electron chi connectivity index (χ0n) is 15.2. The van der Waals surface area contributed by atoms with Crippen LogP contribution in [0.1, 0.15) is 32.6 Å². The summed E-state index contributed by atoms with van der Waals surface area (Å²) in [7, 11) is 0. The normalized spacial score (nSPS) is 10.1. The average Bonchev–Trinajstić information content (AvgIpc) is 2.64. The molecule has 26 heavy (non-hydrogen) atoms. The van der Waals surface area contributed by atoms with E-state index in [0.29, 0.717) is 0 Å². The standard InChI is InChI=1S/C23H23NO.ClH/c1-18-14-23(19(2)13-22(18)17-25)24(15-20-9-5-3-6-10-20)16-21-11-7-4-8-12-21;/h3-14,17H,15-16H2,1-2H3;1H. The fraction of sp³-hybridized carbons (Fsp3) is 0.174. The van der Waals surface area contributed by atoms with E-state index in [1.54, 1.807) is 0 Å². The predicted molar refractivity (Wildman–Crippen MR) is 111 cm³/mol. The maximum Gasteiger partial charge on any atom is 0.150 e. The third-order valence-electron chi connectivity index (χ3n) is 4.48. The van der Waals surface area contributed by atoms with Crippen molar-refractivity contribution in [1.29, 1.82) is 0 Å². The number of carbonyl (C=O) groups is 1. The van der Waals surface area contributed by atoms with E-state index in [1.165, 1.54) is 16.8 Å². The largest absolute Gasteiger partial charge is 0.363 e. The second-order valence-corrected chi connectivity index (χ2v) is 6.44. The number of nitrogens with zero attached hydrogens (tertiary/aromatic N) is 1. The number of carbonyl (C=O) groups excluding carboxylic acids is 1. The van der Waals surface area contributed by atoms with Crippen molar-refractivity contribution in [3.8, 4) is 0 Å². The minimum Gasteiger partial charge on any atom is -0.363 e. The Bertz CT molecular complexity index is 805. The first-order valence-electron chi connectivity index (χ1n) is 8.56. The molecule has 134 valence electrons. The highest BCUT2D eigenvalue weighted by molar-refractivity contribution is 5.85. The Kier molecular flexibility index (Phi) is 6.99. The molecule has 2 nitrogen and oxygen atoms in total. The van der Waals surface area contributed by atoms with E-state index >= 15 is 0 Å². The van der Waals surface area contributed by atoms with Crippen LogP contribution in [0.2, 0.25) is 0 Å². The zero-order valence-corrected chi connectivity index (χ0v) is 16.0. The molecular weight excluding hydrogens is 342 g/mol. The van der Waals surface area contributed by atoms with Crippen LogP contribution < -0.4 is 4.90 Å². The van der Waals surface area contributed by atoms with Gasteiger partial charge in [-0.3, -0.25) is 4.79 Å². The van der Waals surface area contributed by atoms with Gasteiger partial charge in [-0.2, -0.15) is 0 Å². The van der Waals surface area contributed by atoms with Gasteiger partial charge >= 0.3 is 0 Å². The minimum atomic E-state index is 0. The van der Waals surface area contributed by atoms with E-state index in [9.17, 15) is 4.79 Å². The van der Waals surface area contributed by atoms with Crippen LogP contribution in [0.15, 0.2) is 72.8 Å². The van der Waals surface area contributed by atoms with Crippen molar-refractivity contribution < 1.29 is 4.79 Å². The van der Waals surface area contributed by atoms with Crippen molar-refractivity contribution >= 4 is 24.4 Å². The lowest BCUT2D eigenvalue weighted by Crippen LogP contribution is -2.23. The zero-order chi connectivity index (χ0) is 17.6. The topological polar surface area (TPSA) is 20.3 Å². The highest BCUT2D eigenvalue weighted by Gasteiger charge is 2.13. The van der Waals surface area contributed by atoms with Crippen LogP contribution in [0.25, 0.3) is 0 Å². The van der Waals surface area contributed by atoms with E-state index in [2.05, 4.69) is 66.4 Å². The molecule has 0 bridgehead atoms. The fourth-order valence-corrected chi connectivity index (χ4v) is 3.12. The van der Waals surface area contributed by atoms with Crippen molar-refractivity contribution in [2.75, 3.05) is 4.90 Å². The van der Waals surface area contributed by atoms with E-state index in [0.717, 1.165) is 36.1 Å². The first-order chi connectivity index (χ1) is 12.2. The van der Waals surface area contributed by atoms with E-state index in [-0.39, 0.29) is 12.4 Å². The Morgan fingerprint density at radius 2 is 1.27 bits per heavy atom. The van der Waals surface area contributed by atoms with Gasteiger partial charge in [0.2, 0.25) is 0 Å². The maximum absolute atomic E-state index is 11.2. The van der Waals surface area contributed by atoms with Gasteiger partial charge in [-0.05, 0) is 48.2 Å². The molecular formula is C23H24ClNO. The van der Waals surface area contributed by atoms with E-state index in [4.69, 9.17) is 0 Å².